The zero-order valence-electron chi connectivity index (χ0n) is 45.5. The van der Waals surface area contributed by atoms with Crippen LogP contribution in [0.3, 0.4) is 0 Å². The second kappa shape index (κ2) is 43.8. The van der Waals surface area contributed by atoms with Crippen LogP contribution in [0.1, 0.15) is 148 Å². The molecule has 434 valence electrons. The molecule has 19 N–H and O–H groups in total. The zero-order valence-corrected chi connectivity index (χ0v) is 45.5. The number of hydrogen-bond acceptors (Lipinski definition) is 14. The number of nitrogens with two attached hydrogens (primary N) is 5. The predicted octanol–water partition coefficient (Wildman–Crippen LogP) is -2.56. The molecular formula is C54H88N14O10. The maximum absolute atomic E-state index is 14.0. The average Bonchev–Trinajstić information content (AvgIpc) is 3.39. The summed E-state index contributed by atoms with van der Waals surface area (Å²) in [5.74, 6) is 4.29. The van der Waals surface area contributed by atoms with Crippen molar-refractivity contribution in [2.75, 3.05) is 32.7 Å². The summed E-state index contributed by atoms with van der Waals surface area (Å²) in [6.45, 7) is 3.09. The topological polar surface area (TPSA) is 409 Å². The van der Waals surface area contributed by atoms with Crippen LogP contribution in [0, 0.1) is 49.4 Å². The van der Waals surface area contributed by atoms with Crippen LogP contribution in [0.25, 0.3) is 0 Å². The monoisotopic (exact) mass is 1090 g/mol. The number of carbonyl (C=O) groups excluding carboxylic acids is 10. The van der Waals surface area contributed by atoms with Crippen LogP contribution in [0.15, 0.2) is 0 Å². The molecule has 0 aliphatic rings. The van der Waals surface area contributed by atoms with E-state index in [2.05, 4.69) is 71.5 Å². The quantitative estimate of drug-likeness (QED) is 0.0221. The fourth-order valence-corrected chi connectivity index (χ4v) is 7.45. The van der Waals surface area contributed by atoms with Crippen molar-refractivity contribution in [2.24, 2.45) is 28.7 Å². The summed E-state index contributed by atoms with van der Waals surface area (Å²) in [5, 5.41) is 24.5. The molecule has 8 atom stereocenters. The van der Waals surface area contributed by atoms with Crippen molar-refractivity contribution >= 4 is 59.1 Å². The molecule has 0 rings (SSSR count). The van der Waals surface area contributed by atoms with Gasteiger partial charge in [0.05, 0.1) is 24.2 Å². The van der Waals surface area contributed by atoms with Gasteiger partial charge in [0.15, 0.2) is 0 Å². The third-order valence-corrected chi connectivity index (χ3v) is 12.0. The van der Waals surface area contributed by atoms with E-state index in [9.17, 15) is 47.9 Å². The first-order valence-corrected chi connectivity index (χ1v) is 26.9. The Morgan fingerprint density at radius 3 is 1.05 bits per heavy atom. The molecule has 0 fully saturated rings. The number of terminal acetylenes is 4. The summed E-state index contributed by atoms with van der Waals surface area (Å²) in [7, 11) is 0. The van der Waals surface area contributed by atoms with Crippen LogP contribution < -0.4 is 76.5 Å². The minimum Gasteiger partial charge on any atom is -0.368 e. The van der Waals surface area contributed by atoms with Crippen molar-refractivity contribution in [1.82, 2.24) is 47.9 Å². The van der Waals surface area contributed by atoms with Crippen LogP contribution in [0.5, 0.6) is 0 Å². The lowest BCUT2D eigenvalue weighted by Crippen LogP contribution is -2.55. The molecule has 0 spiro atoms. The lowest BCUT2D eigenvalue weighted by atomic mass is 10.0. The Balaban J connectivity index is 5.93. The van der Waals surface area contributed by atoms with Gasteiger partial charge in [0.2, 0.25) is 59.1 Å². The molecule has 24 nitrogen and oxygen atoms in total. The molecule has 0 aliphatic heterocycles. The Labute approximate surface area is 460 Å². The molecule has 0 saturated heterocycles. The van der Waals surface area contributed by atoms with E-state index in [4.69, 9.17) is 54.4 Å². The summed E-state index contributed by atoms with van der Waals surface area (Å²) in [6.07, 6.45) is 27.8. The van der Waals surface area contributed by atoms with Crippen LogP contribution in [0.2, 0.25) is 0 Å². The fourth-order valence-electron chi connectivity index (χ4n) is 7.45. The highest BCUT2D eigenvalue weighted by molar-refractivity contribution is 5.93. The number of amides is 10. The zero-order chi connectivity index (χ0) is 58.7. The molecule has 0 aliphatic carbocycles. The molecule has 0 aromatic carbocycles. The standard InChI is InChI=1S/C54H88N14O10/c1-6-22-37(55)48(72)61-34-19-14-28-42(66-50(74)39(57)24-8-3)52(76)64-36-21-15-29-43(68-54(78)44(67-51(75)40(58)25-9-4)30-16-20-35-62-49(73)38(56)23-7-2)53(77)63-33-17-11-12-31-46(70)65-41(47(59)71)27-13-18-32-60-45(69)26-10-5/h1-4,37-44H,10-36,55-58H2,5H3,(H2,59,71)(H,60,69)(H,61,72)(H,62,73)(H,63,77)(H,64,76)(H,65,70)(H,66,74)(H,67,75)(H,68,78). The van der Waals surface area contributed by atoms with Crippen molar-refractivity contribution in [2.45, 2.75) is 197 Å². The van der Waals surface area contributed by atoms with Crippen LogP contribution >= 0.6 is 0 Å². The van der Waals surface area contributed by atoms with Crippen molar-refractivity contribution in [1.29, 1.82) is 0 Å². The van der Waals surface area contributed by atoms with Crippen LogP contribution in [-0.2, 0) is 47.9 Å². The number of unbranched alkanes of at least 4 members (excludes halogenated alkanes) is 6. The fraction of sp³-hybridized carbons (Fsp3) is 0.667. The Bertz CT molecular complexity index is 2080. The molecule has 10 amide bonds. The van der Waals surface area contributed by atoms with Gasteiger partial charge in [-0.1, -0.05) is 13.3 Å². The third-order valence-electron chi connectivity index (χ3n) is 12.0. The minimum atomic E-state index is -1.17. The van der Waals surface area contributed by atoms with Gasteiger partial charge >= 0.3 is 0 Å². The van der Waals surface area contributed by atoms with Crippen molar-refractivity contribution in [3.05, 3.63) is 0 Å². The average molecular weight is 1090 g/mol. The number of hydrogen-bond donors (Lipinski definition) is 14. The van der Waals surface area contributed by atoms with Gasteiger partial charge in [-0.15, -0.1) is 49.4 Å². The molecule has 0 aromatic rings. The number of carbonyl (C=O) groups is 10. The van der Waals surface area contributed by atoms with Gasteiger partial charge in [-0.05, 0) is 96.3 Å². The van der Waals surface area contributed by atoms with Crippen molar-refractivity contribution < 1.29 is 47.9 Å². The largest absolute Gasteiger partial charge is 0.368 e. The van der Waals surface area contributed by atoms with E-state index in [1.54, 1.807) is 0 Å². The molecule has 78 heavy (non-hydrogen) atoms. The molecule has 0 bridgehead atoms. The molecule has 0 aromatic heterocycles. The van der Waals surface area contributed by atoms with E-state index in [1.807, 2.05) is 6.92 Å². The highest BCUT2D eigenvalue weighted by atomic mass is 16.2. The SMILES string of the molecule is C#CCC(N)C(=O)NCCCCC(NC(=O)C(N)CC#C)C(=O)NCCCCC(NC(=O)C(CCCCNC(=O)C(N)CC#C)NC(=O)C(N)CC#C)C(=O)NCCCCCC(=O)NC(CCCCNC(=O)CCC)C(N)=O. The summed E-state index contributed by atoms with van der Waals surface area (Å²) in [5.41, 5.74) is 28.9. The molecule has 8 unspecified atom stereocenters. The third kappa shape index (κ3) is 33.7. The van der Waals surface area contributed by atoms with Gasteiger partial charge in [0, 0.05) is 71.2 Å². The van der Waals surface area contributed by atoms with Crippen molar-refractivity contribution in [3.63, 3.8) is 0 Å². The number of nitrogens with one attached hydrogen (secondary N) is 9. The first-order chi connectivity index (χ1) is 37.3. The highest BCUT2D eigenvalue weighted by Crippen LogP contribution is 2.09. The lowest BCUT2D eigenvalue weighted by Gasteiger charge is -2.24. The first kappa shape index (κ1) is 70.8. The Morgan fingerprint density at radius 2 is 0.679 bits per heavy atom. The highest BCUT2D eigenvalue weighted by Gasteiger charge is 2.29. The summed E-state index contributed by atoms with van der Waals surface area (Å²) >= 11 is 0. The van der Waals surface area contributed by atoms with Gasteiger partial charge < -0.3 is 76.5 Å². The van der Waals surface area contributed by atoms with Gasteiger partial charge in [-0.25, -0.2) is 0 Å². The summed E-state index contributed by atoms with van der Waals surface area (Å²) < 4.78 is 0. The van der Waals surface area contributed by atoms with E-state index in [0.717, 1.165) is 6.42 Å². The second-order valence-electron chi connectivity index (χ2n) is 18.8. The van der Waals surface area contributed by atoms with E-state index in [0.29, 0.717) is 90.0 Å². The maximum Gasteiger partial charge on any atom is 0.243 e. The first-order valence-electron chi connectivity index (χ1n) is 26.9. The molecule has 0 radical (unpaired) electrons. The molecular weight excluding hydrogens is 1000 g/mol. The summed E-state index contributed by atoms with van der Waals surface area (Å²) in [6, 6.07) is -8.09. The second-order valence-corrected chi connectivity index (χ2v) is 18.8. The van der Waals surface area contributed by atoms with Gasteiger partial charge in [-0.2, -0.15) is 0 Å². The van der Waals surface area contributed by atoms with Gasteiger partial charge in [0.1, 0.15) is 24.2 Å². The number of primary amides is 1. The lowest BCUT2D eigenvalue weighted by molar-refractivity contribution is -0.132. The van der Waals surface area contributed by atoms with E-state index < -0.39 is 95.6 Å². The van der Waals surface area contributed by atoms with Crippen molar-refractivity contribution in [3.8, 4) is 49.4 Å². The Kier molecular flexibility index (Phi) is 39.8. The number of rotatable bonds is 44. The Morgan fingerprint density at radius 1 is 0.359 bits per heavy atom. The molecule has 24 heteroatoms. The van der Waals surface area contributed by atoms with E-state index in [-0.39, 0.29) is 89.4 Å². The molecule has 0 heterocycles. The van der Waals surface area contributed by atoms with E-state index in [1.165, 1.54) is 0 Å². The predicted molar refractivity (Wildman–Crippen MR) is 296 cm³/mol. The van der Waals surface area contributed by atoms with Crippen LogP contribution in [0.4, 0.5) is 0 Å². The van der Waals surface area contributed by atoms with Crippen LogP contribution in [-0.4, -0.2) is 140 Å². The smallest absolute Gasteiger partial charge is 0.243 e. The minimum absolute atomic E-state index is 0.0461. The molecule has 0 saturated carbocycles. The maximum atomic E-state index is 14.0. The van der Waals surface area contributed by atoms with E-state index >= 15 is 0 Å². The Hall–Kier alpha value is -7.22. The summed E-state index contributed by atoms with van der Waals surface area (Å²) in [4.78, 5) is 128. The normalized spacial score (nSPS) is 13.7. The van der Waals surface area contributed by atoms with Gasteiger partial charge in [0.25, 0.3) is 0 Å². The van der Waals surface area contributed by atoms with Gasteiger partial charge in [-0.3, -0.25) is 47.9 Å².